The summed E-state index contributed by atoms with van der Waals surface area (Å²) < 4.78 is 13.8. The van der Waals surface area contributed by atoms with Crippen LogP contribution in [0, 0.1) is 12.7 Å². The average molecular weight is 261 g/mol. The van der Waals surface area contributed by atoms with Gasteiger partial charge in [-0.3, -0.25) is 4.79 Å². The summed E-state index contributed by atoms with van der Waals surface area (Å²) in [6, 6.07) is 4.97. The highest BCUT2D eigenvalue weighted by Crippen LogP contribution is 2.34. The first kappa shape index (κ1) is 11.5. The van der Waals surface area contributed by atoms with Crippen LogP contribution in [-0.2, 0) is 6.42 Å². The van der Waals surface area contributed by atoms with E-state index < -0.39 is 0 Å². The first-order chi connectivity index (χ1) is 8.65. The molecule has 1 aliphatic carbocycles. The third kappa shape index (κ3) is 1.86. The van der Waals surface area contributed by atoms with Crippen molar-refractivity contribution in [1.82, 2.24) is 4.98 Å². The first-order valence-corrected chi connectivity index (χ1v) is 6.76. The molecule has 0 amide bonds. The molecule has 0 N–H and O–H groups in total. The number of halogens is 1. The van der Waals surface area contributed by atoms with E-state index in [1.165, 1.54) is 17.4 Å². The van der Waals surface area contributed by atoms with Crippen LogP contribution < -0.4 is 0 Å². The van der Waals surface area contributed by atoms with Crippen molar-refractivity contribution < 1.29 is 9.18 Å². The van der Waals surface area contributed by atoms with Crippen molar-refractivity contribution in [1.29, 1.82) is 0 Å². The lowest BCUT2D eigenvalue weighted by molar-refractivity contribution is 0.0976. The molecule has 0 fully saturated rings. The second kappa shape index (κ2) is 4.28. The SMILES string of the molecule is Cc1ccc(F)c(-c2nc3c(s2)C(=O)CCC3)c1. The molecule has 0 radical (unpaired) electrons. The Morgan fingerprint density at radius 1 is 1.33 bits per heavy atom. The fourth-order valence-corrected chi connectivity index (χ4v) is 3.28. The van der Waals surface area contributed by atoms with Crippen molar-refractivity contribution >= 4 is 17.1 Å². The Balaban J connectivity index is 2.13. The molecule has 0 unspecified atom stereocenters. The zero-order valence-electron chi connectivity index (χ0n) is 10.00. The molecule has 1 heterocycles. The van der Waals surface area contributed by atoms with E-state index in [0.717, 1.165) is 29.0 Å². The number of carbonyl (C=O) groups is 1. The minimum absolute atomic E-state index is 0.146. The maximum atomic E-state index is 13.8. The fourth-order valence-electron chi connectivity index (χ4n) is 2.19. The van der Waals surface area contributed by atoms with Crippen LogP contribution in [0.4, 0.5) is 4.39 Å². The lowest BCUT2D eigenvalue weighted by Crippen LogP contribution is -2.07. The topological polar surface area (TPSA) is 30.0 Å². The van der Waals surface area contributed by atoms with E-state index in [0.29, 0.717) is 17.0 Å². The van der Waals surface area contributed by atoms with E-state index in [1.807, 2.05) is 6.92 Å². The molecule has 1 aromatic heterocycles. The van der Waals surface area contributed by atoms with Crippen LogP contribution in [0.2, 0.25) is 0 Å². The summed E-state index contributed by atoms with van der Waals surface area (Å²) in [5, 5.41) is 0.622. The third-order valence-electron chi connectivity index (χ3n) is 3.12. The van der Waals surface area contributed by atoms with E-state index in [-0.39, 0.29) is 11.6 Å². The second-order valence-electron chi connectivity index (χ2n) is 4.55. The van der Waals surface area contributed by atoms with Gasteiger partial charge in [0.2, 0.25) is 0 Å². The highest BCUT2D eigenvalue weighted by Gasteiger charge is 2.23. The highest BCUT2D eigenvalue weighted by atomic mass is 32.1. The van der Waals surface area contributed by atoms with Gasteiger partial charge in [0.15, 0.2) is 5.78 Å². The summed E-state index contributed by atoms with van der Waals surface area (Å²) in [5.41, 5.74) is 2.33. The number of rotatable bonds is 1. The van der Waals surface area contributed by atoms with E-state index in [1.54, 1.807) is 12.1 Å². The second-order valence-corrected chi connectivity index (χ2v) is 5.55. The van der Waals surface area contributed by atoms with Crippen molar-refractivity contribution in [2.24, 2.45) is 0 Å². The summed E-state index contributed by atoms with van der Waals surface area (Å²) in [7, 11) is 0. The van der Waals surface area contributed by atoms with Crippen molar-refractivity contribution in [2.45, 2.75) is 26.2 Å². The Labute approximate surface area is 108 Å². The van der Waals surface area contributed by atoms with Crippen LogP contribution in [-0.4, -0.2) is 10.8 Å². The normalized spacial score (nSPS) is 14.7. The van der Waals surface area contributed by atoms with Gasteiger partial charge in [0.05, 0.1) is 10.6 Å². The van der Waals surface area contributed by atoms with Crippen LogP contribution in [0.1, 0.15) is 33.8 Å². The summed E-state index contributed by atoms with van der Waals surface area (Å²) in [6.45, 7) is 1.92. The molecule has 18 heavy (non-hydrogen) atoms. The van der Waals surface area contributed by atoms with Crippen LogP contribution in [0.3, 0.4) is 0 Å². The van der Waals surface area contributed by atoms with E-state index in [2.05, 4.69) is 4.98 Å². The smallest absolute Gasteiger partial charge is 0.174 e. The first-order valence-electron chi connectivity index (χ1n) is 5.94. The van der Waals surface area contributed by atoms with Crippen molar-refractivity contribution in [3.05, 3.63) is 40.2 Å². The third-order valence-corrected chi connectivity index (χ3v) is 4.29. The summed E-state index contributed by atoms with van der Waals surface area (Å²) in [6.07, 6.45) is 2.27. The quantitative estimate of drug-likeness (QED) is 0.782. The number of Topliss-reactive ketones (excluding diaryl/α,β-unsaturated/α-hetero) is 1. The number of nitrogens with zero attached hydrogens (tertiary/aromatic N) is 1. The largest absolute Gasteiger partial charge is 0.293 e. The van der Waals surface area contributed by atoms with E-state index in [9.17, 15) is 9.18 Å². The van der Waals surface area contributed by atoms with Gasteiger partial charge in [-0.1, -0.05) is 11.6 Å². The van der Waals surface area contributed by atoms with Gasteiger partial charge in [-0.05, 0) is 31.9 Å². The Morgan fingerprint density at radius 3 is 2.94 bits per heavy atom. The summed E-state index contributed by atoms with van der Waals surface area (Å²) in [5.74, 6) is -0.132. The fraction of sp³-hybridized carbons (Fsp3) is 0.286. The number of aromatic nitrogens is 1. The maximum absolute atomic E-state index is 13.8. The van der Waals surface area contributed by atoms with Crippen LogP contribution in [0.5, 0.6) is 0 Å². The van der Waals surface area contributed by atoms with Gasteiger partial charge in [0.25, 0.3) is 0 Å². The van der Waals surface area contributed by atoms with E-state index in [4.69, 9.17) is 0 Å². The molecule has 1 aliphatic rings. The molecule has 0 saturated carbocycles. The Kier molecular flexibility index (Phi) is 2.74. The van der Waals surface area contributed by atoms with Crippen LogP contribution in [0.15, 0.2) is 18.2 Å². The molecule has 0 aliphatic heterocycles. The van der Waals surface area contributed by atoms with Crippen molar-refractivity contribution in [3.8, 4) is 10.6 Å². The maximum Gasteiger partial charge on any atom is 0.174 e. The lowest BCUT2D eigenvalue weighted by Gasteiger charge is -2.06. The molecule has 1 aromatic carbocycles. The number of aryl methyl sites for hydroxylation is 2. The van der Waals surface area contributed by atoms with Crippen molar-refractivity contribution in [3.63, 3.8) is 0 Å². The predicted octanol–water partition coefficient (Wildman–Crippen LogP) is 3.78. The summed E-state index contributed by atoms with van der Waals surface area (Å²) >= 11 is 1.32. The average Bonchev–Trinajstić information content (AvgIpc) is 2.77. The van der Waals surface area contributed by atoms with Crippen LogP contribution >= 0.6 is 11.3 Å². The number of benzene rings is 1. The molecule has 3 rings (SSSR count). The van der Waals surface area contributed by atoms with Gasteiger partial charge in [0, 0.05) is 12.0 Å². The number of ketones is 1. The molecular weight excluding hydrogens is 249 g/mol. The minimum atomic E-state index is -0.279. The Morgan fingerprint density at radius 2 is 2.17 bits per heavy atom. The molecule has 2 aromatic rings. The number of hydrogen-bond donors (Lipinski definition) is 0. The number of hydrogen-bond acceptors (Lipinski definition) is 3. The zero-order valence-corrected chi connectivity index (χ0v) is 10.8. The molecule has 0 atom stereocenters. The molecule has 92 valence electrons. The Hall–Kier alpha value is -1.55. The van der Waals surface area contributed by atoms with Gasteiger partial charge in [-0.25, -0.2) is 9.37 Å². The molecular formula is C14H12FNOS. The molecule has 0 saturated heterocycles. The summed E-state index contributed by atoms with van der Waals surface area (Å²) in [4.78, 5) is 16.9. The van der Waals surface area contributed by atoms with Crippen molar-refractivity contribution in [2.75, 3.05) is 0 Å². The van der Waals surface area contributed by atoms with Gasteiger partial charge >= 0.3 is 0 Å². The standard InChI is InChI=1S/C14H12FNOS/c1-8-5-6-10(15)9(7-8)14-16-11-3-2-4-12(17)13(11)18-14/h5-7H,2-4H2,1H3. The zero-order chi connectivity index (χ0) is 12.7. The lowest BCUT2D eigenvalue weighted by atomic mass is 10.0. The highest BCUT2D eigenvalue weighted by molar-refractivity contribution is 7.17. The van der Waals surface area contributed by atoms with E-state index >= 15 is 0 Å². The number of carbonyl (C=O) groups excluding carboxylic acids is 1. The molecule has 0 bridgehead atoms. The minimum Gasteiger partial charge on any atom is -0.293 e. The molecule has 2 nitrogen and oxygen atoms in total. The van der Waals surface area contributed by atoms with Crippen LogP contribution in [0.25, 0.3) is 10.6 Å². The van der Waals surface area contributed by atoms with Gasteiger partial charge in [-0.15, -0.1) is 11.3 Å². The van der Waals surface area contributed by atoms with Gasteiger partial charge in [0.1, 0.15) is 10.8 Å². The number of fused-ring (bicyclic) bond motifs is 1. The molecule has 4 heteroatoms. The number of thiazole rings is 1. The van der Waals surface area contributed by atoms with Gasteiger partial charge in [-0.2, -0.15) is 0 Å². The van der Waals surface area contributed by atoms with Gasteiger partial charge < -0.3 is 0 Å². The Bertz CT molecular complexity index is 633. The monoisotopic (exact) mass is 261 g/mol. The molecule has 0 spiro atoms. The predicted molar refractivity (Wildman–Crippen MR) is 69.5 cm³/mol.